The van der Waals surface area contributed by atoms with E-state index in [2.05, 4.69) is 5.32 Å². The maximum Gasteiger partial charge on any atom is 0.351 e. The van der Waals surface area contributed by atoms with Crippen LogP contribution < -0.4 is 5.32 Å². The summed E-state index contributed by atoms with van der Waals surface area (Å²) in [5, 5.41) is 15.3. The summed E-state index contributed by atoms with van der Waals surface area (Å²) in [5.41, 5.74) is 0.880. The van der Waals surface area contributed by atoms with Gasteiger partial charge < -0.3 is 10.5 Å². The summed E-state index contributed by atoms with van der Waals surface area (Å²) in [7, 11) is 0. The Kier molecular flexibility index (Phi) is 3.58. The van der Waals surface area contributed by atoms with E-state index in [1.807, 2.05) is 6.07 Å². The first-order valence-electron chi connectivity index (χ1n) is 6.86. The lowest BCUT2D eigenvalue weighted by atomic mass is 10.1. The van der Waals surface area contributed by atoms with Crippen molar-refractivity contribution >= 4 is 17.5 Å². The molecule has 2 unspecified atom stereocenters. The number of hydroxylamine groups is 3. The number of hydrogen-bond acceptors (Lipinski definition) is 3. The van der Waals surface area contributed by atoms with Crippen LogP contribution in [0.1, 0.15) is 10.4 Å². The van der Waals surface area contributed by atoms with Crippen LogP contribution in [0.3, 0.4) is 0 Å². The van der Waals surface area contributed by atoms with Gasteiger partial charge in [-0.3, -0.25) is 9.44 Å². The Bertz CT molecular complexity index is 728. The smallest absolute Gasteiger partial charge is 0.351 e. The van der Waals surface area contributed by atoms with Crippen LogP contribution in [0.25, 0.3) is 0 Å². The number of hydrogen-bond donors (Lipinski definition) is 1. The number of benzene rings is 2. The Balaban J connectivity index is 1.77. The van der Waals surface area contributed by atoms with E-state index >= 15 is 0 Å². The molecular formula is C17H14N2O3. The molecule has 2 aromatic rings. The lowest BCUT2D eigenvalue weighted by Crippen LogP contribution is -2.60. The zero-order chi connectivity index (χ0) is 15.6. The third-order valence-electron chi connectivity index (χ3n) is 3.55. The van der Waals surface area contributed by atoms with Crippen molar-refractivity contribution in [1.82, 2.24) is 0 Å². The second-order valence-electron chi connectivity index (χ2n) is 5.02. The number of carbonyl (C=O) groups excluding carboxylic acids is 2. The molecule has 0 fully saturated rings. The summed E-state index contributed by atoms with van der Waals surface area (Å²) < 4.78 is -1.29. The average Bonchev–Trinajstić information content (AvgIpc) is 2.54. The molecule has 1 heterocycles. The maximum absolute atomic E-state index is 12.7. The van der Waals surface area contributed by atoms with E-state index < -0.39 is 22.5 Å². The van der Waals surface area contributed by atoms with E-state index in [0.717, 1.165) is 0 Å². The first-order valence-corrected chi connectivity index (χ1v) is 6.86. The molecule has 0 bridgehead atoms. The van der Waals surface area contributed by atoms with Gasteiger partial charge in [0.05, 0.1) is 5.56 Å². The zero-order valence-electron chi connectivity index (χ0n) is 11.7. The molecule has 0 saturated carbocycles. The minimum Gasteiger partial charge on any atom is -0.619 e. The fraction of sp³-hybridized carbons (Fsp3) is 0.0588. The van der Waals surface area contributed by atoms with Crippen molar-refractivity contribution in [3.8, 4) is 0 Å². The number of nitrogens with one attached hydrogen (secondary N) is 1. The van der Waals surface area contributed by atoms with Gasteiger partial charge in [0.1, 0.15) is 6.20 Å². The predicted molar refractivity (Wildman–Crippen MR) is 82.4 cm³/mol. The quantitative estimate of drug-likeness (QED) is 0.699. The standard InChI is InChI=1S/C17H14N2O3/c20-16(18-14-9-5-2-6-10-14)15-11-12-19(15,22)17(21)13-7-3-1-4-8-13/h1-12,15H,(H,18,20). The SMILES string of the molecule is O=C(Nc1ccccc1)C1C=C[N+]1([O-])C(=O)c1ccccc1. The molecule has 0 spiro atoms. The number of carbonyl (C=O) groups is 2. The fourth-order valence-corrected chi connectivity index (χ4v) is 2.30. The molecule has 3 rings (SSSR count). The van der Waals surface area contributed by atoms with Crippen molar-refractivity contribution in [3.05, 3.63) is 83.7 Å². The average molecular weight is 294 g/mol. The van der Waals surface area contributed by atoms with Gasteiger partial charge in [-0.25, -0.2) is 4.79 Å². The van der Waals surface area contributed by atoms with Crippen LogP contribution in [0, 0.1) is 5.21 Å². The van der Waals surface area contributed by atoms with Crippen LogP contribution >= 0.6 is 0 Å². The highest BCUT2D eigenvalue weighted by Gasteiger charge is 2.45. The molecule has 5 heteroatoms. The maximum atomic E-state index is 12.7. The Morgan fingerprint density at radius 1 is 0.955 bits per heavy atom. The highest BCUT2D eigenvalue weighted by molar-refractivity contribution is 5.99. The van der Waals surface area contributed by atoms with Gasteiger partial charge >= 0.3 is 5.91 Å². The van der Waals surface area contributed by atoms with E-state index in [-0.39, 0.29) is 0 Å². The number of anilines is 1. The van der Waals surface area contributed by atoms with Crippen molar-refractivity contribution in [2.24, 2.45) is 0 Å². The van der Waals surface area contributed by atoms with Gasteiger partial charge in [0, 0.05) is 11.8 Å². The van der Waals surface area contributed by atoms with Gasteiger partial charge in [-0.15, -0.1) is 0 Å². The Hall–Kier alpha value is -2.76. The fourth-order valence-electron chi connectivity index (χ4n) is 2.30. The van der Waals surface area contributed by atoms with E-state index in [0.29, 0.717) is 11.3 Å². The molecule has 1 aliphatic heterocycles. The molecule has 2 amide bonds. The molecular weight excluding hydrogens is 280 g/mol. The van der Waals surface area contributed by atoms with Crippen LogP contribution in [-0.4, -0.2) is 22.5 Å². The Morgan fingerprint density at radius 3 is 2.09 bits per heavy atom. The topological polar surface area (TPSA) is 69.2 Å². The normalized spacial score (nSPS) is 22.7. The number of rotatable bonds is 3. The van der Waals surface area contributed by atoms with E-state index in [1.165, 1.54) is 12.3 Å². The summed E-state index contributed by atoms with van der Waals surface area (Å²) in [6.45, 7) is 0. The molecule has 2 atom stereocenters. The molecule has 22 heavy (non-hydrogen) atoms. The molecule has 0 aromatic heterocycles. The van der Waals surface area contributed by atoms with Crippen LogP contribution in [0.4, 0.5) is 5.69 Å². The monoisotopic (exact) mass is 294 g/mol. The third-order valence-corrected chi connectivity index (χ3v) is 3.55. The van der Waals surface area contributed by atoms with Crippen LogP contribution in [0.2, 0.25) is 0 Å². The summed E-state index contributed by atoms with van der Waals surface area (Å²) in [6, 6.07) is 16.0. The molecule has 1 aliphatic rings. The summed E-state index contributed by atoms with van der Waals surface area (Å²) in [6.07, 6.45) is 2.65. The minimum atomic E-state index is -1.29. The van der Waals surface area contributed by atoms with Gasteiger partial charge in [-0.05, 0) is 24.3 Å². The second kappa shape index (κ2) is 5.55. The van der Waals surface area contributed by atoms with Crippen LogP contribution in [0.5, 0.6) is 0 Å². The van der Waals surface area contributed by atoms with Crippen LogP contribution in [0.15, 0.2) is 72.9 Å². The largest absolute Gasteiger partial charge is 0.619 e. The summed E-state index contributed by atoms with van der Waals surface area (Å²) in [4.78, 5) is 24.6. The molecule has 110 valence electrons. The van der Waals surface area contributed by atoms with Gasteiger partial charge in [0.15, 0.2) is 0 Å². The zero-order valence-corrected chi connectivity index (χ0v) is 11.7. The van der Waals surface area contributed by atoms with Gasteiger partial charge in [-0.1, -0.05) is 36.4 Å². The first kappa shape index (κ1) is 14.2. The highest BCUT2D eigenvalue weighted by atomic mass is 16.6. The van der Waals surface area contributed by atoms with Crippen molar-refractivity contribution < 1.29 is 14.2 Å². The Labute approximate surface area is 127 Å². The lowest BCUT2D eigenvalue weighted by Gasteiger charge is -2.45. The number of amides is 2. The summed E-state index contributed by atoms with van der Waals surface area (Å²) in [5.74, 6) is -1.13. The molecule has 0 radical (unpaired) electrons. The molecule has 2 aromatic carbocycles. The predicted octanol–water partition coefficient (Wildman–Crippen LogP) is 2.68. The van der Waals surface area contributed by atoms with Crippen LogP contribution in [-0.2, 0) is 4.79 Å². The number of para-hydroxylation sites is 1. The highest BCUT2D eigenvalue weighted by Crippen LogP contribution is 2.28. The molecule has 0 aliphatic carbocycles. The van der Waals surface area contributed by atoms with Crippen molar-refractivity contribution in [2.45, 2.75) is 6.04 Å². The minimum absolute atomic E-state index is 0.291. The summed E-state index contributed by atoms with van der Waals surface area (Å²) >= 11 is 0. The molecule has 5 nitrogen and oxygen atoms in total. The van der Waals surface area contributed by atoms with Gasteiger partial charge in [-0.2, -0.15) is 0 Å². The van der Waals surface area contributed by atoms with E-state index in [4.69, 9.17) is 0 Å². The van der Waals surface area contributed by atoms with Crippen molar-refractivity contribution in [2.75, 3.05) is 5.32 Å². The Morgan fingerprint density at radius 2 is 1.55 bits per heavy atom. The second-order valence-corrected chi connectivity index (χ2v) is 5.02. The molecule has 1 N–H and O–H groups in total. The number of quaternary nitrogens is 1. The first-order chi connectivity index (χ1) is 10.6. The lowest BCUT2D eigenvalue weighted by molar-refractivity contribution is -0.773. The number of nitrogens with zero attached hydrogens (tertiary/aromatic N) is 1. The van der Waals surface area contributed by atoms with Gasteiger partial charge in [0.25, 0.3) is 5.91 Å². The van der Waals surface area contributed by atoms with Crippen molar-refractivity contribution in [3.63, 3.8) is 0 Å². The van der Waals surface area contributed by atoms with E-state index in [1.54, 1.807) is 54.6 Å². The third kappa shape index (κ3) is 2.43. The van der Waals surface area contributed by atoms with Gasteiger partial charge in [0.2, 0.25) is 6.04 Å². The van der Waals surface area contributed by atoms with Crippen molar-refractivity contribution in [1.29, 1.82) is 0 Å². The van der Waals surface area contributed by atoms with E-state index in [9.17, 15) is 14.8 Å². The molecule has 0 saturated heterocycles.